The van der Waals surface area contributed by atoms with Crippen LogP contribution in [-0.4, -0.2) is 264 Å². The largest absolute Gasteiger partial charge is 0.481 e. The van der Waals surface area contributed by atoms with Gasteiger partial charge in [-0.25, -0.2) is 14.8 Å². The van der Waals surface area contributed by atoms with Crippen LogP contribution in [0, 0.1) is 0 Å². The molecule has 1 aromatic carbocycles. The molecule has 3 rings (SSSR count). The standard InChI is InChI=1S/C52H76N14O25/c1-54-46(85)25(9-14-37(76)77)61-48(87)27(7-12-35(74)57-19-31(70)41(81)43(83)33(72)21-68)62-49(88)28(10-15-38(78)79)63-47(86)26(6-11-34(73)56-18-30(69)40(80)42(82)32(71)20-67)60-36(75)13-8-29(51(90)91)64-45(84)22-2-4-23(5-3-22)55-16-24-17-58-44-39(59-24)50(89)66-52(53)65-44/h2-5,17,25-33,40-43,55,67-72,80-83H,6-16,18-21H2,1H3,(H,54,85)(H,56,73)(H,57,74)(H,60,75)(H,61,87)(H,62,88)(H,63,86)(H,64,84)(H,76,77)(H,78,79)(H,90,91)(H3,53,58,65,66,89)/t25-,26+,27+,28-,29-,30+,31+,32-,33-,40-,41-,42-,43-/m1/s1. The number of carboxylic acids is 3. The third-order valence-corrected chi connectivity index (χ3v) is 13.4. The molecule has 0 aliphatic heterocycles. The molecule has 0 fully saturated rings. The number of aliphatic hydroxyl groups is 10. The SMILES string of the molecule is CNC(=O)[C@@H](CCC(=O)O)NC(=O)[C@H](CCC(=O)NC[C@H](O)[C@@H](O)[C@H](O)[C@H](O)CO)NC(=O)[C@@H](CCC(=O)O)NC(=O)[C@H](CCC(=O)NC[C@H](O)[C@@H](O)[C@H](O)[C@H](O)CO)NC(=O)CC[C@@H](NC(=O)c1ccc(NCc2cnc3nc(N)[nH]c(=O)c3n2)cc1)C(=O)O. The highest BCUT2D eigenvalue weighted by Crippen LogP contribution is 2.15. The minimum Gasteiger partial charge on any atom is -0.481 e. The lowest BCUT2D eigenvalue weighted by atomic mass is 10.0. The number of aliphatic hydroxyl groups excluding tert-OH is 10. The van der Waals surface area contributed by atoms with E-state index in [1.165, 1.54) is 30.5 Å². The molecule has 39 nitrogen and oxygen atoms in total. The summed E-state index contributed by atoms with van der Waals surface area (Å²) in [6.45, 7) is -3.62. The number of nitrogen functional groups attached to an aromatic ring is 1. The second-order valence-electron chi connectivity index (χ2n) is 20.4. The van der Waals surface area contributed by atoms with Crippen molar-refractivity contribution in [3.63, 3.8) is 0 Å². The number of fused-ring (bicyclic) bond motifs is 1. The van der Waals surface area contributed by atoms with E-state index in [9.17, 15) is 114 Å². The number of carbonyl (C=O) groups excluding carboxylic acids is 8. The molecule has 504 valence electrons. The summed E-state index contributed by atoms with van der Waals surface area (Å²) < 4.78 is 0. The highest BCUT2D eigenvalue weighted by molar-refractivity contribution is 5.98. The van der Waals surface area contributed by atoms with Crippen LogP contribution in [0.3, 0.4) is 0 Å². The van der Waals surface area contributed by atoms with Crippen molar-refractivity contribution in [1.82, 2.24) is 62.5 Å². The van der Waals surface area contributed by atoms with Crippen molar-refractivity contribution < 1.29 is 119 Å². The predicted octanol–water partition coefficient (Wildman–Crippen LogP) is -10.1. The van der Waals surface area contributed by atoms with Gasteiger partial charge in [0, 0.05) is 63.5 Å². The molecule has 91 heavy (non-hydrogen) atoms. The third kappa shape index (κ3) is 25.7. The number of likely N-dealkylation sites (N-methyl/N-ethyl adjacent to an activating group) is 1. The number of benzene rings is 1. The number of carboxylic acid groups (broad SMARTS) is 3. The van der Waals surface area contributed by atoms with Gasteiger partial charge in [-0.05, 0) is 56.4 Å². The Morgan fingerprint density at radius 3 is 1.38 bits per heavy atom. The van der Waals surface area contributed by atoms with E-state index < -0.39 is 240 Å². The molecule has 8 amide bonds. The van der Waals surface area contributed by atoms with Gasteiger partial charge in [-0.2, -0.15) is 4.98 Å². The van der Waals surface area contributed by atoms with Crippen molar-refractivity contribution in [2.24, 2.45) is 0 Å². The third-order valence-electron chi connectivity index (χ3n) is 13.4. The Kier molecular flexibility index (Phi) is 31.5. The fraction of sp³-hybridized carbons (Fsp3) is 0.558. The summed E-state index contributed by atoms with van der Waals surface area (Å²) in [5.41, 5.74) is 5.58. The van der Waals surface area contributed by atoms with Crippen LogP contribution in [-0.2, 0) is 54.5 Å². The molecule has 0 bridgehead atoms. The zero-order valence-electron chi connectivity index (χ0n) is 48.6. The molecular weight excluding hydrogens is 1220 g/mol. The first-order chi connectivity index (χ1) is 42.9. The van der Waals surface area contributed by atoms with E-state index in [1.54, 1.807) is 0 Å². The van der Waals surface area contributed by atoms with E-state index in [1.807, 2.05) is 0 Å². The molecule has 0 saturated carbocycles. The zero-order valence-corrected chi connectivity index (χ0v) is 48.6. The van der Waals surface area contributed by atoms with Crippen LogP contribution in [0.15, 0.2) is 35.3 Å². The number of H-pyrrole nitrogens is 1. The van der Waals surface area contributed by atoms with E-state index in [0.29, 0.717) is 11.4 Å². The summed E-state index contributed by atoms with van der Waals surface area (Å²) in [5, 5.41) is 148. The number of aromatic nitrogens is 4. The second kappa shape index (κ2) is 37.7. The number of anilines is 2. The van der Waals surface area contributed by atoms with E-state index >= 15 is 0 Å². The first-order valence-electron chi connectivity index (χ1n) is 27.8. The van der Waals surface area contributed by atoms with Crippen LogP contribution < -0.4 is 59.1 Å². The summed E-state index contributed by atoms with van der Waals surface area (Å²) in [4.78, 5) is 170. The summed E-state index contributed by atoms with van der Waals surface area (Å²) in [7, 11) is 1.14. The molecule has 0 radical (unpaired) electrons. The van der Waals surface area contributed by atoms with Crippen molar-refractivity contribution in [3.05, 3.63) is 52.1 Å². The number of amides is 8. The number of hydrogen-bond acceptors (Lipinski definition) is 27. The Morgan fingerprint density at radius 2 is 0.945 bits per heavy atom. The highest BCUT2D eigenvalue weighted by Gasteiger charge is 2.35. The number of carbonyl (C=O) groups is 11. The molecule has 2 heterocycles. The molecule has 3 aromatic rings. The molecule has 0 aliphatic carbocycles. The van der Waals surface area contributed by atoms with Crippen molar-refractivity contribution in [1.29, 1.82) is 0 Å². The molecule has 25 N–H and O–H groups in total. The van der Waals surface area contributed by atoms with Gasteiger partial charge in [-0.15, -0.1) is 0 Å². The normalized spacial score (nSPS) is 15.5. The molecule has 0 saturated heterocycles. The fourth-order valence-electron chi connectivity index (χ4n) is 8.16. The van der Waals surface area contributed by atoms with Crippen LogP contribution >= 0.6 is 0 Å². The minimum atomic E-state index is -2.12. The zero-order chi connectivity index (χ0) is 68.2. The Balaban J connectivity index is 1.88. The highest BCUT2D eigenvalue weighted by atomic mass is 16.4. The van der Waals surface area contributed by atoms with Gasteiger partial charge in [0.25, 0.3) is 11.5 Å². The summed E-state index contributed by atoms with van der Waals surface area (Å²) in [5.74, 6) is -13.7. The van der Waals surface area contributed by atoms with Crippen LogP contribution in [0.5, 0.6) is 0 Å². The number of rotatable bonds is 41. The van der Waals surface area contributed by atoms with Gasteiger partial charge in [0.05, 0.1) is 43.9 Å². The van der Waals surface area contributed by atoms with Crippen molar-refractivity contribution in [3.8, 4) is 0 Å². The summed E-state index contributed by atoms with van der Waals surface area (Å²) in [6.07, 6.45) is -22.1. The number of nitrogens with one attached hydrogen (secondary N) is 10. The van der Waals surface area contributed by atoms with Gasteiger partial charge in [0.2, 0.25) is 47.3 Å². The molecule has 39 heteroatoms. The number of nitrogens with two attached hydrogens (primary N) is 1. The van der Waals surface area contributed by atoms with Crippen LogP contribution in [0.4, 0.5) is 11.6 Å². The number of nitrogens with zero attached hydrogens (tertiary/aromatic N) is 3. The quantitative estimate of drug-likeness (QED) is 0.0251. The fourth-order valence-corrected chi connectivity index (χ4v) is 8.16. The van der Waals surface area contributed by atoms with E-state index in [-0.39, 0.29) is 29.2 Å². The number of hydrogen-bond donors (Lipinski definition) is 24. The van der Waals surface area contributed by atoms with Gasteiger partial charge in [-0.1, -0.05) is 0 Å². The minimum absolute atomic E-state index is 0.0144. The lowest BCUT2D eigenvalue weighted by molar-refractivity contribution is -0.140. The molecule has 0 aliphatic rings. The first-order valence-corrected chi connectivity index (χ1v) is 27.8. The number of aliphatic carboxylic acids is 3. The average Bonchev–Trinajstić information content (AvgIpc) is 2.34. The molecule has 0 unspecified atom stereocenters. The molecule has 13 atom stereocenters. The smallest absolute Gasteiger partial charge is 0.326 e. The Labute approximate surface area is 514 Å². The lowest BCUT2D eigenvalue weighted by Gasteiger charge is -2.27. The van der Waals surface area contributed by atoms with Crippen molar-refractivity contribution in [2.75, 3.05) is 44.4 Å². The van der Waals surface area contributed by atoms with E-state index in [4.69, 9.17) is 15.9 Å². The van der Waals surface area contributed by atoms with Crippen molar-refractivity contribution in [2.45, 2.75) is 150 Å². The van der Waals surface area contributed by atoms with Gasteiger partial charge in [-0.3, -0.25) is 57.7 Å². The Morgan fingerprint density at radius 1 is 0.527 bits per heavy atom. The van der Waals surface area contributed by atoms with Gasteiger partial charge < -0.3 is 120 Å². The van der Waals surface area contributed by atoms with E-state index in [2.05, 4.69) is 67.8 Å². The van der Waals surface area contributed by atoms with Crippen LogP contribution in [0.2, 0.25) is 0 Å². The molecule has 0 spiro atoms. The summed E-state index contributed by atoms with van der Waals surface area (Å²) in [6, 6.07) is -3.66. The lowest BCUT2D eigenvalue weighted by Crippen LogP contribution is -2.58. The summed E-state index contributed by atoms with van der Waals surface area (Å²) >= 11 is 0. The Bertz CT molecular complexity index is 3050. The van der Waals surface area contributed by atoms with Gasteiger partial charge in [0.1, 0.15) is 66.8 Å². The number of aromatic amines is 1. The predicted molar refractivity (Wildman–Crippen MR) is 307 cm³/mol. The molecule has 2 aromatic heterocycles. The Hall–Kier alpha value is -9.19. The maximum atomic E-state index is 14.2. The van der Waals surface area contributed by atoms with Gasteiger partial charge in [0.15, 0.2) is 11.2 Å². The maximum absolute atomic E-state index is 14.2. The van der Waals surface area contributed by atoms with Crippen LogP contribution in [0.25, 0.3) is 11.2 Å². The van der Waals surface area contributed by atoms with Gasteiger partial charge >= 0.3 is 17.9 Å². The maximum Gasteiger partial charge on any atom is 0.326 e. The average molecular weight is 1300 g/mol. The molecular formula is C52H76N14O25. The first kappa shape index (κ1) is 76.1. The van der Waals surface area contributed by atoms with Crippen molar-refractivity contribution >= 4 is 88.0 Å². The monoisotopic (exact) mass is 1300 g/mol. The topological polar surface area (TPSA) is 657 Å². The van der Waals surface area contributed by atoms with Crippen LogP contribution in [0.1, 0.15) is 80.3 Å². The second-order valence-corrected chi connectivity index (χ2v) is 20.4. The van der Waals surface area contributed by atoms with E-state index in [0.717, 1.165) is 7.05 Å².